The highest BCUT2D eigenvalue weighted by molar-refractivity contribution is 6.32. The molecule has 43 heavy (non-hydrogen) atoms. The van der Waals surface area contributed by atoms with E-state index >= 15 is 0 Å². The third-order valence-corrected chi connectivity index (χ3v) is 10.4. The summed E-state index contributed by atoms with van der Waals surface area (Å²) >= 11 is 0. The molecule has 0 bridgehead atoms. The lowest BCUT2D eigenvalue weighted by Gasteiger charge is -2.52. The number of benzene rings is 1. The first-order valence-electron chi connectivity index (χ1n) is 15.4. The number of phenols is 1. The lowest BCUT2D eigenvalue weighted by atomic mass is 9.52. The normalized spacial score (nSPS) is 31.2. The van der Waals surface area contributed by atoms with Crippen LogP contribution in [0.25, 0.3) is 0 Å². The number of amides is 1. The van der Waals surface area contributed by atoms with E-state index < -0.39 is 64.4 Å². The Bertz CT molecular complexity index is 1370. The van der Waals surface area contributed by atoms with E-state index in [1.807, 2.05) is 20.9 Å². The summed E-state index contributed by atoms with van der Waals surface area (Å²) in [5, 5.41) is 26.7. The van der Waals surface area contributed by atoms with Crippen LogP contribution in [0.4, 0.5) is 5.69 Å². The molecule has 0 saturated heterocycles. The number of hydrogen-bond donors (Lipinski definition) is 4. The van der Waals surface area contributed by atoms with Gasteiger partial charge in [-0.25, -0.2) is 0 Å². The van der Waals surface area contributed by atoms with Crippen molar-refractivity contribution in [1.29, 1.82) is 0 Å². The highest BCUT2D eigenvalue weighted by Gasteiger charge is 2.69. The number of phenolic OH excluding ortho intramolecular Hbond substituents is 1. The SMILES string of the molecule is CC(C)N(C)c1c(CNC2CCCCC2)cc(O)c2c1C[C@H]1C[C@H]3[C@H](N(C)C)C(=O)C(C(N)=O)C(=O)[C@@]3(O)C(=O)C1C2=O. The molecule has 5 N–H and O–H groups in total. The summed E-state index contributed by atoms with van der Waals surface area (Å²) in [5.74, 6) is -10.3. The third-order valence-electron chi connectivity index (χ3n) is 10.4. The largest absolute Gasteiger partial charge is 0.507 e. The molecular formula is C32H44N4O7. The first-order valence-corrected chi connectivity index (χ1v) is 15.4. The standard InChI is InChI=1S/C32H44N4O7/c1-15(2)36(5)25-17(14-34-18-9-7-6-8-10-18)13-21(37)23-19(25)11-16-12-20-26(35(3)4)28(39)24(31(33)42)30(41)32(20,43)29(40)22(16)27(23)38/h13,15-16,18,20,22,24,26,34,37,43H,6-12,14H2,1-5H3,(H2,33,42)/t16-,20-,22?,24?,26-,32-/m0/s1. The van der Waals surface area contributed by atoms with Crippen LogP contribution in [0.2, 0.25) is 0 Å². The summed E-state index contributed by atoms with van der Waals surface area (Å²) in [4.78, 5) is 70.8. The van der Waals surface area contributed by atoms with Gasteiger partial charge in [0.2, 0.25) is 5.91 Å². The van der Waals surface area contributed by atoms with Gasteiger partial charge in [-0.05, 0) is 76.7 Å². The van der Waals surface area contributed by atoms with Gasteiger partial charge in [-0.3, -0.25) is 28.9 Å². The van der Waals surface area contributed by atoms with Gasteiger partial charge in [0.25, 0.3) is 0 Å². The number of anilines is 1. The molecule has 4 aliphatic rings. The Morgan fingerprint density at radius 3 is 2.33 bits per heavy atom. The number of Topliss-reactive ketones (excluding diaryl/α,β-unsaturated/α-hetero) is 4. The number of fused-ring (bicyclic) bond motifs is 3. The molecule has 0 radical (unpaired) electrons. The lowest BCUT2D eigenvalue weighted by Crippen LogP contribution is -2.74. The van der Waals surface area contributed by atoms with Crippen LogP contribution in [-0.4, -0.2) is 89.0 Å². The molecule has 6 atom stereocenters. The summed E-state index contributed by atoms with van der Waals surface area (Å²) in [7, 11) is 5.09. The molecule has 0 aromatic heterocycles. The third kappa shape index (κ3) is 4.89. The number of hydrogen-bond acceptors (Lipinski definition) is 10. The van der Waals surface area contributed by atoms with Crippen molar-refractivity contribution >= 4 is 34.7 Å². The Hall–Kier alpha value is -3.15. The fraction of sp³-hybridized carbons (Fsp3) is 0.656. The Labute approximate surface area is 252 Å². The molecule has 234 valence electrons. The van der Waals surface area contributed by atoms with Crippen LogP contribution in [0.5, 0.6) is 5.75 Å². The second kappa shape index (κ2) is 11.4. The van der Waals surface area contributed by atoms with Crippen LogP contribution >= 0.6 is 0 Å². The minimum absolute atomic E-state index is 0.0236. The van der Waals surface area contributed by atoms with Gasteiger partial charge in [0.05, 0.1) is 17.5 Å². The molecule has 3 saturated carbocycles. The average Bonchev–Trinajstić information content (AvgIpc) is 2.93. The van der Waals surface area contributed by atoms with Crippen molar-refractivity contribution in [2.24, 2.45) is 29.4 Å². The van der Waals surface area contributed by atoms with Gasteiger partial charge in [0, 0.05) is 37.3 Å². The smallest absolute Gasteiger partial charge is 0.235 e. The summed E-state index contributed by atoms with van der Waals surface area (Å²) < 4.78 is 0. The predicted octanol–water partition coefficient (Wildman–Crippen LogP) is 1.13. The second-order valence-electron chi connectivity index (χ2n) is 13.5. The monoisotopic (exact) mass is 596 g/mol. The van der Waals surface area contributed by atoms with E-state index in [1.165, 1.54) is 24.2 Å². The van der Waals surface area contributed by atoms with E-state index in [0.717, 1.165) is 24.1 Å². The number of carbonyl (C=O) groups is 5. The molecule has 11 nitrogen and oxygen atoms in total. The quantitative estimate of drug-likeness (QED) is 0.335. The van der Waals surface area contributed by atoms with Gasteiger partial charge in [0.1, 0.15) is 5.75 Å². The molecule has 0 aliphatic heterocycles. The fourth-order valence-corrected chi connectivity index (χ4v) is 8.12. The number of ketones is 4. The second-order valence-corrected chi connectivity index (χ2v) is 13.5. The average molecular weight is 597 g/mol. The molecular weight excluding hydrogens is 552 g/mol. The molecule has 1 aromatic rings. The number of aliphatic hydroxyl groups is 1. The van der Waals surface area contributed by atoms with Crippen LogP contribution in [0.1, 0.15) is 73.9 Å². The van der Waals surface area contributed by atoms with Crippen molar-refractivity contribution in [3.8, 4) is 5.75 Å². The zero-order chi connectivity index (χ0) is 31.5. The Balaban J connectivity index is 1.60. The van der Waals surface area contributed by atoms with E-state index in [-0.39, 0.29) is 30.2 Å². The molecule has 2 unspecified atom stereocenters. The number of nitrogens with two attached hydrogens (primary N) is 1. The summed E-state index contributed by atoms with van der Waals surface area (Å²) in [5.41, 5.74) is 5.00. The van der Waals surface area contributed by atoms with E-state index in [0.29, 0.717) is 18.2 Å². The van der Waals surface area contributed by atoms with Gasteiger partial charge < -0.3 is 26.2 Å². The number of rotatable bonds is 7. The molecule has 3 fully saturated rings. The maximum absolute atomic E-state index is 14.2. The highest BCUT2D eigenvalue weighted by Crippen LogP contribution is 2.52. The molecule has 4 aliphatic carbocycles. The van der Waals surface area contributed by atoms with E-state index in [4.69, 9.17) is 5.73 Å². The van der Waals surface area contributed by atoms with Crippen LogP contribution in [-0.2, 0) is 32.1 Å². The van der Waals surface area contributed by atoms with Gasteiger partial charge in [-0.1, -0.05) is 19.3 Å². The zero-order valence-corrected chi connectivity index (χ0v) is 25.7. The molecule has 1 amide bonds. The molecule has 5 rings (SSSR count). The van der Waals surface area contributed by atoms with E-state index in [1.54, 1.807) is 20.2 Å². The number of likely N-dealkylation sites (N-methyl/N-ethyl adjacent to an activating group) is 1. The molecule has 0 spiro atoms. The van der Waals surface area contributed by atoms with Crippen LogP contribution < -0.4 is 16.0 Å². The molecule has 11 heteroatoms. The van der Waals surface area contributed by atoms with Crippen LogP contribution in [0, 0.1) is 23.7 Å². The highest BCUT2D eigenvalue weighted by atomic mass is 16.3. The Kier molecular flexibility index (Phi) is 8.30. The van der Waals surface area contributed by atoms with Crippen molar-refractivity contribution in [2.45, 2.75) is 89.1 Å². The first kappa shape index (κ1) is 31.3. The topological polar surface area (TPSA) is 170 Å². The number of carbonyl (C=O) groups excluding carboxylic acids is 5. The number of nitrogens with zero attached hydrogens (tertiary/aromatic N) is 2. The van der Waals surface area contributed by atoms with Gasteiger partial charge in [-0.2, -0.15) is 0 Å². The number of nitrogens with one attached hydrogen (secondary N) is 1. The summed E-state index contributed by atoms with van der Waals surface area (Å²) in [6, 6.07) is 0.892. The predicted molar refractivity (Wildman–Crippen MR) is 159 cm³/mol. The Morgan fingerprint density at radius 1 is 1.09 bits per heavy atom. The van der Waals surface area contributed by atoms with Crippen molar-refractivity contribution in [2.75, 3.05) is 26.0 Å². The molecule has 0 heterocycles. The van der Waals surface area contributed by atoms with Crippen molar-refractivity contribution in [3.05, 3.63) is 22.8 Å². The summed E-state index contributed by atoms with van der Waals surface area (Å²) in [6.45, 7) is 4.57. The van der Waals surface area contributed by atoms with E-state index in [9.17, 15) is 34.2 Å². The Morgan fingerprint density at radius 2 is 1.74 bits per heavy atom. The van der Waals surface area contributed by atoms with E-state index in [2.05, 4.69) is 10.2 Å². The van der Waals surface area contributed by atoms with Gasteiger partial charge >= 0.3 is 0 Å². The first-order chi connectivity index (χ1) is 20.2. The zero-order valence-electron chi connectivity index (χ0n) is 25.7. The summed E-state index contributed by atoms with van der Waals surface area (Å²) in [6.07, 6.45) is 6.01. The lowest BCUT2D eigenvalue weighted by molar-refractivity contribution is -0.181. The minimum Gasteiger partial charge on any atom is -0.507 e. The van der Waals surface area contributed by atoms with Crippen molar-refractivity contribution in [1.82, 2.24) is 10.2 Å². The number of aromatic hydroxyl groups is 1. The maximum atomic E-state index is 14.2. The maximum Gasteiger partial charge on any atom is 0.235 e. The number of primary amides is 1. The minimum atomic E-state index is -2.73. The van der Waals surface area contributed by atoms with Crippen molar-refractivity contribution < 1.29 is 34.2 Å². The fourth-order valence-electron chi connectivity index (χ4n) is 8.12. The van der Waals surface area contributed by atoms with Crippen LogP contribution in [0.15, 0.2) is 6.07 Å². The van der Waals surface area contributed by atoms with Crippen LogP contribution in [0.3, 0.4) is 0 Å². The molecule has 1 aromatic carbocycles. The van der Waals surface area contributed by atoms with Crippen molar-refractivity contribution in [3.63, 3.8) is 0 Å². The van der Waals surface area contributed by atoms with Gasteiger partial charge in [0.15, 0.2) is 34.7 Å². The van der Waals surface area contributed by atoms with Gasteiger partial charge in [-0.15, -0.1) is 0 Å².